The zero-order valence-electron chi connectivity index (χ0n) is 14.7. The Hall–Kier alpha value is -2.53. The Morgan fingerprint density at radius 3 is 2.20 bits per heavy atom. The number of piperazine rings is 1. The van der Waals surface area contributed by atoms with Crippen LogP contribution in [0, 0.1) is 0 Å². The third kappa shape index (κ3) is 3.20. The van der Waals surface area contributed by atoms with Crippen molar-refractivity contribution in [2.24, 2.45) is 0 Å². The summed E-state index contributed by atoms with van der Waals surface area (Å²) in [4.78, 5) is 16.4. The number of hydrogen-bond acceptors (Lipinski definition) is 4. The molecule has 25 heavy (non-hydrogen) atoms. The van der Waals surface area contributed by atoms with Crippen LogP contribution in [-0.4, -0.2) is 49.3 Å². The zero-order valence-corrected chi connectivity index (χ0v) is 14.7. The molecule has 1 fully saturated rings. The Kier molecular flexibility index (Phi) is 4.95. The van der Waals surface area contributed by atoms with Gasteiger partial charge in [-0.1, -0.05) is 42.5 Å². The molecule has 2 aromatic rings. The third-order valence-corrected chi connectivity index (χ3v) is 5.09. The van der Waals surface area contributed by atoms with E-state index in [1.165, 1.54) is 0 Å². The van der Waals surface area contributed by atoms with Crippen molar-refractivity contribution in [3.63, 3.8) is 0 Å². The number of rotatable bonds is 5. The number of anilines is 1. The van der Waals surface area contributed by atoms with E-state index in [9.17, 15) is 9.90 Å². The molecule has 132 valence electrons. The second kappa shape index (κ2) is 7.15. The van der Waals surface area contributed by atoms with Gasteiger partial charge in [0.15, 0.2) is 0 Å². The predicted molar refractivity (Wildman–Crippen MR) is 98.2 cm³/mol. The Morgan fingerprint density at radius 1 is 1.00 bits per heavy atom. The number of methoxy groups -OCH3 is 1. The van der Waals surface area contributed by atoms with E-state index in [0.717, 1.165) is 30.1 Å². The van der Waals surface area contributed by atoms with Gasteiger partial charge in [0, 0.05) is 26.2 Å². The first-order chi connectivity index (χ1) is 12.1. The van der Waals surface area contributed by atoms with Gasteiger partial charge >= 0.3 is 5.97 Å². The first-order valence-corrected chi connectivity index (χ1v) is 8.49. The highest BCUT2D eigenvalue weighted by molar-refractivity contribution is 5.80. The second-order valence-corrected chi connectivity index (χ2v) is 6.39. The lowest BCUT2D eigenvalue weighted by Crippen LogP contribution is -2.57. The summed E-state index contributed by atoms with van der Waals surface area (Å²) in [6.45, 7) is 4.67. The number of para-hydroxylation sites is 2. The molecule has 2 aromatic carbocycles. The summed E-state index contributed by atoms with van der Waals surface area (Å²) >= 11 is 0. The smallest absolute Gasteiger partial charge is 0.328 e. The quantitative estimate of drug-likeness (QED) is 0.907. The molecular formula is C20H24N2O3. The molecule has 0 aliphatic carbocycles. The highest BCUT2D eigenvalue weighted by Gasteiger charge is 2.42. The van der Waals surface area contributed by atoms with E-state index < -0.39 is 11.5 Å². The first kappa shape index (κ1) is 17.3. The molecule has 3 rings (SSSR count). The molecule has 0 radical (unpaired) electrons. The van der Waals surface area contributed by atoms with Crippen molar-refractivity contribution in [1.29, 1.82) is 0 Å². The Bertz CT molecular complexity index is 727. The fourth-order valence-corrected chi connectivity index (χ4v) is 3.49. The third-order valence-electron chi connectivity index (χ3n) is 5.09. The monoisotopic (exact) mass is 340 g/mol. The van der Waals surface area contributed by atoms with Crippen molar-refractivity contribution >= 4 is 11.7 Å². The largest absolute Gasteiger partial charge is 0.495 e. The maximum absolute atomic E-state index is 12.1. The first-order valence-electron chi connectivity index (χ1n) is 8.49. The fourth-order valence-electron chi connectivity index (χ4n) is 3.49. The molecule has 1 aliphatic rings. The summed E-state index contributed by atoms with van der Waals surface area (Å²) in [6.07, 6.45) is 0. The van der Waals surface area contributed by atoms with Gasteiger partial charge in [0.25, 0.3) is 0 Å². The molecule has 0 saturated carbocycles. The van der Waals surface area contributed by atoms with Crippen LogP contribution in [0.5, 0.6) is 5.75 Å². The van der Waals surface area contributed by atoms with Gasteiger partial charge in [0.05, 0.1) is 12.8 Å². The molecule has 1 atom stereocenters. The van der Waals surface area contributed by atoms with E-state index in [4.69, 9.17) is 4.74 Å². The number of aliphatic carboxylic acids is 1. The van der Waals surface area contributed by atoms with Crippen LogP contribution in [0.4, 0.5) is 5.69 Å². The molecule has 0 amide bonds. The molecule has 1 aliphatic heterocycles. The van der Waals surface area contributed by atoms with E-state index in [1.807, 2.05) is 54.6 Å². The molecule has 1 unspecified atom stereocenters. The molecule has 1 saturated heterocycles. The van der Waals surface area contributed by atoms with E-state index in [2.05, 4.69) is 9.80 Å². The zero-order chi connectivity index (χ0) is 17.9. The SMILES string of the molecule is COc1ccccc1N1CCN(C(C)(C(=O)O)c2ccccc2)CC1. The number of nitrogens with zero attached hydrogens (tertiary/aromatic N) is 2. The Balaban J connectivity index is 1.80. The van der Waals surface area contributed by atoms with Crippen LogP contribution in [0.1, 0.15) is 12.5 Å². The molecule has 1 heterocycles. The summed E-state index contributed by atoms with van der Waals surface area (Å²) in [7, 11) is 1.67. The minimum atomic E-state index is -1.02. The summed E-state index contributed by atoms with van der Waals surface area (Å²) in [5, 5.41) is 9.93. The minimum Gasteiger partial charge on any atom is -0.495 e. The van der Waals surface area contributed by atoms with Gasteiger partial charge in [0.1, 0.15) is 11.3 Å². The number of benzene rings is 2. The molecule has 1 N–H and O–H groups in total. The van der Waals surface area contributed by atoms with Crippen molar-refractivity contribution in [1.82, 2.24) is 4.90 Å². The van der Waals surface area contributed by atoms with Crippen LogP contribution in [0.25, 0.3) is 0 Å². The summed E-state index contributed by atoms with van der Waals surface area (Å²) in [6, 6.07) is 17.4. The maximum Gasteiger partial charge on any atom is 0.328 e. The molecule has 5 heteroatoms. The van der Waals surface area contributed by atoms with E-state index in [1.54, 1.807) is 14.0 Å². The average Bonchev–Trinajstić information content (AvgIpc) is 2.68. The standard InChI is InChI=1S/C20H24N2O3/c1-20(19(23)24,16-8-4-3-5-9-16)22-14-12-21(13-15-22)17-10-6-7-11-18(17)25-2/h3-11H,12-15H2,1-2H3,(H,23,24). The van der Waals surface area contributed by atoms with Crippen molar-refractivity contribution in [2.75, 3.05) is 38.2 Å². The van der Waals surface area contributed by atoms with Gasteiger partial charge in [-0.3, -0.25) is 4.90 Å². The van der Waals surface area contributed by atoms with Crippen molar-refractivity contribution < 1.29 is 14.6 Å². The minimum absolute atomic E-state index is 0.676. The van der Waals surface area contributed by atoms with Crippen LogP contribution in [0.15, 0.2) is 54.6 Å². The van der Waals surface area contributed by atoms with Crippen LogP contribution in [-0.2, 0) is 10.3 Å². The summed E-state index contributed by atoms with van der Waals surface area (Å²) in [5.74, 6) is 0.0319. The summed E-state index contributed by atoms with van der Waals surface area (Å²) in [5.41, 5.74) is 0.850. The lowest BCUT2D eigenvalue weighted by Gasteiger charge is -2.44. The highest BCUT2D eigenvalue weighted by Crippen LogP contribution is 2.33. The van der Waals surface area contributed by atoms with Crippen LogP contribution in [0.3, 0.4) is 0 Å². The normalized spacial score (nSPS) is 17.8. The number of carboxylic acids is 1. The lowest BCUT2D eigenvalue weighted by molar-refractivity contribution is -0.151. The average molecular weight is 340 g/mol. The molecule has 0 aromatic heterocycles. The van der Waals surface area contributed by atoms with Crippen LogP contribution < -0.4 is 9.64 Å². The van der Waals surface area contributed by atoms with E-state index in [0.29, 0.717) is 13.1 Å². The molecular weight excluding hydrogens is 316 g/mol. The van der Waals surface area contributed by atoms with Crippen LogP contribution >= 0.6 is 0 Å². The molecule has 0 spiro atoms. The van der Waals surface area contributed by atoms with Gasteiger partial charge < -0.3 is 14.7 Å². The number of carbonyl (C=O) groups is 1. The number of carboxylic acid groups (broad SMARTS) is 1. The van der Waals surface area contributed by atoms with Gasteiger partial charge in [-0.25, -0.2) is 4.79 Å². The Morgan fingerprint density at radius 2 is 1.60 bits per heavy atom. The molecule has 0 bridgehead atoms. The molecule has 5 nitrogen and oxygen atoms in total. The van der Waals surface area contributed by atoms with Gasteiger partial charge in [-0.2, -0.15) is 0 Å². The maximum atomic E-state index is 12.1. The van der Waals surface area contributed by atoms with Crippen molar-refractivity contribution in [3.8, 4) is 5.75 Å². The van der Waals surface area contributed by atoms with Crippen LogP contribution in [0.2, 0.25) is 0 Å². The predicted octanol–water partition coefficient (Wildman–Crippen LogP) is 2.82. The van der Waals surface area contributed by atoms with Gasteiger partial charge in [-0.15, -0.1) is 0 Å². The second-order valence-electron chi connectivity index (χ2n) is 6.39. The Labute approximate surface area is 148 Å². The number of ether oxygens (including phenoxy) is 1. The number of hydrogen-bond donors (Lipinski definition) is 1. The highest BCUT2D eigenvalue weighted by atomic mass is 16.5. The summed E-state index contributed by atoms with van der Waals surface area (Å²) < 4.78 is 5.45. The topological polar surface area (TPSA) is 53.0 Å². The lowest BCUT2D eigenvalue weighted by atomic mass is 9.89. The van der Waals surface area contributed by atoms with Gasteiger partial charge in [0.2, 0.25) is 0 Å². The van der Waals surface area contributed by atoms with E-state index >= 15 is 0 Å². The van der Waals surface area contributed by atoms with Crippen molar-refractivity contribution in [2.45, 2.75) is 12.5 Å². The van der Waals surface area contributed by atoms with Gasteiger partial charge in [-0.05, 0) is 24.6 Å². The van der Waals surface area contributed by atoms with Crippen molar-refractivity contribution in [3.05, 3.63) is 60.2 Å². The fraction of sp³-hybridized carbons (Fsp3) is 0.350. The van der Waals surface area contributed by atoms with E-state index in [-0.39, 0.29) is 0 Å².